The molecule has 1 saturated heterocycles. The zero-order valence-corrected chi connectivity index (χ0v) is 19.9. The number of rotatable bonds is 8. The number of nitrogens with zero attached hydrogens (tertiary/aromatic N) is 3. The molecule has 0 bridgehead atoms. The van der Waals surface area contributed by atoms with Crippen LogP contribution in [0.5, 0.6) is 11.5 Å². The largest absolute Gasteiger partial charge is 0.493 e. The van der Waals surface area contributed by atoms with Gasteiger partial charge in [0.1, 0.15) is 5.01 Å². The average Bonchev–Trinajstić information content (AvgIpc) is 3.29. The first-order chi connectivity index (χ1) is 15.5. The highest BCUT2D eigenvalue weighted by molar-refractivity contribution is 7.89. The van der Waals surface area contributed by atoms with Crippen molar-refractivity contribution in [2.75, 3.05) is 39.9 Å². The average molecular weight is 474 g/mol. The number of piperazine rings is 1. The first kappa shape index (κ1) is 22.7. The lowest BCUT2D eigenvalue weighted by Gasteiger charge is -2.33. The highest BCUT2D eigenvalue weighted by atomic mass is 32.2. The van der Waals surface area contributed by atoms with Crippen molar-refractivity contribution in [1.82, 2.24) is 14.2 Å². The summed E-state index contributed by atoms with van der Waals surface area (Å²) in [6.45, 7) is 5.53. The van der Waals surface area contributed by atoms with Crippen LogP contribution in [0.15, 0.2) is 58.8 Å². The fraction of sp³-hybridized carbons (Fsp3) is 0.348. The van der Waals surface area contributed by atoms with E-state index in [4.69, 9.17) is 14.5 Å². The maximum atomic E-state index is 12.8. The summed E-state index contributed by atoms with van der Waals surface area (Å²) in [5, 5.41) is 2.98. The number of aromatic nitrogens is 1. The van der Waals surface area contributed by atoms with E-state index in [1.807, 2.05) is 31.2 Å². The normalized spacial score (nSPS) is 15.6. The number of benzene rings is 2. The molecule has 1 aliphatic rings. The van der Waals surface area contributed by atoms with Gasteiger partial charge in [-0.15, -0.1) is 11.3 Å². The zero-order chi connectivity index (χ0) is 22.6. The van der Waals surface area contributed by atoms with Gasteiger partial charge in [0.25, 0.3) is 0 Å². The van der Waals surface area contributed by atoms with Gasteiger partial charge < -0.3 is 9.47 Å². The quantitative estimate of drug-likeness (QED) is 0.497. The molecule has 170 valence electrons. The summed E-state index contributed by atoms with van der Waals surface area (Å²) in [4.78, 5) is 7.38. The Hall–Kier alpha value is -2.46. The second-order valence-corrected chi connectivity index (χ2v) is 10.2. The van der Waals surface area contributed by atoms with Crippen LogP contribution in [0.1, 0.15) is 12.6 Å². The van der Waals surface area contributed by atoms with Crippen LogP contribution in [0.25, 0.3) is 10.6 Å². The molecule has 0 spiro atoms. The standard InChI is InChI=1S/C23H27N3O4S2/c1-3-30-21-10-9-18(15-22(21)29-2)23-24-19(17-31-23)16-25-11-13-26(14-12-25)32(27,28)20-7-5-4-6-8-20/h4-10,15,17H,3,11-14,16H2,1-2H3. The van der Waals surface area contributed by atoms with Crippen molar-refractivity contribution >= 4 is 21.4 Å². The van der Waals surface area contributed by atoms with Gasteiger partial charge in [0.15, 0.2) is 11.5 Å². The lowest BCUT2D eigenvalue weighted by atomic mass is 10.2. The number of methoxy groups -OCH3 is 1. The van der Waals surface area contributed by atoms with E-state index < -0.39 is 10.0 Å². The molecule has 0 saturated carbocycles. The molecule has 0 aliphatic carbocycles. The Labute approximate surface area is 193 Å². The third-order valence-electron chi connectivity index (χ3n) is 5.36. The second kappa shape index (κ2) is 9.99. The van der Waals surface area contributed by atoms with Crippen LogP contribution < -0.4 is 9.47 Å². The molecule has 1 aliphatic heterocycles. The Morgan fingerprint density at radius 1 is 1.03 bits per heavy atom. The molecule has 1 fully saturated rings. The van der Waals surface area contributed by atoms with E-state index in [-0.39, 0.29) is 0 Å². The van der Waals surface area contributed by atoms with E-state index in [2.05, 4.69) is 10.3 Å². The van der Waals surface area contributed by atoms with Gasteiger partial charge in [0.2, 0.25) is 10.0 Å². The van der Waals surface area contributed by atoms with Crippen molar-refractivity contribution in [3.05, 3.63) is 59.6 Å². The van der Waals surface area contributed by atoms with Gasteiger partial charge in [-0.25, -0.2) is 13.4 Å². The van der Waals surface area contributed by atoms with Crippen LogP contribution in [0.3, 0.4) is 0 Å². The molecule has 0 N–H and O–H groups in total. The van der Waals surface area contributed by atoms with Crippen LogP contribution in [0.4, 0.5) is 0 Å². The Balaban J connectivity index is 1.38. The molecule has 7 nitrogen and oxygen atoms in total. The number of hydrogen-bond acceptors (Lipinski definition) is 7. The summed E-state index contributed by atoms with van der Waals surface area (Å²) in [6.07, 6.45) is 0. The van der Waals surface area contributed by atoms with Crippen molar-refractivity contribution in [2.45, 2.75) is 18.4 Å². The molecular formula is C23H27N3O4S2. The van der Waals surface area contributed by atoms with E-state index in [0.29, 0.717) is 50.0 Å². The third-order valence-corrected chi connectivity index (χ3v) is 8.21. The Kier molecular flexibility index (Phi) is 7.10. The van der Waals surface area contributed by atoms with E-state index in [1.54, 1.807) is 47.0 Å². The Morgan fingerprint density at radius 2 is 1.78 bits per heavy atom. The molecule has 0 radical (unpaired) electrons. The minimum absolute atomic E-state index is 0.350. The molecule has 2 heterocycles. The summed E-state index contributed by atoms with van der Waals surface area (Å²) < 4.78 is 38.2. The van der Waals surface area contributed by atoms with Crippen LogP contribution in [0.2, 0.25) is 0 Å². The molecule has 32 heavy (non-hydrogen) atoms. The summed E-state index contributed by atoms with van der Waals surface area (Å²) in [6, 6.07) is 14.5. The number of thiazole rings is 1. The fourth-order valence-corrected chi connectivity index (χ4v) is 5.94. The van der Waals surface area contributed by atoms with Crippen molar-refractivity contribution in [1.29, 1.82) is 0 Å². The molecular weight excluding hydrogens is 446 g/mol. The summed E-state index contributed by atoms with van der Waals surface area (Å²) in [5.74, 6) is 1.41. The monoisotopic (exact) mass is 473 g/mol. The van der Waals surface area contributed by atoms with Gasteiger partial charge in [-0.05, 0) is 37.3 Å². The minimum atomic E-state index is -3.43. The van der Waals surface area contributed by atoms with Crippen LogP contribution in [-0.4, -0.2) is 62.5 Å². The topological polar surface area (TPSA) is 72.0 Å². The lowest BCUT2D eigenvalue weighted by molar-refractivity contribution is 0.180. The fourth-order valence-electron chi connectivity index (χ4n) is 3.69. The van der Waals surface area contributed by atoms with E-state index >= 15 is 0 Å². The highest BCUT2D eigenvalue weighted by Crippen LogP contribution is 2.34. The van der Waals surface area contributed by atoms with Gasteiger partial charge >= 0.3 is 0 Å². The van der Waals surface area contributed by atoms with Crippen molar-refractivity contribution < 1.29 is 17.9 Å². The zero-order valence-electron chi connectivity index (χ0n) is 18.2. The lowest BCUT2D eigenvalue weighted by Crippen LogP contribution is -2.48. The van der Waals surface area contributed by atoms with E-state index in [9.17, 15) is 8.42 Å². The predicted molar refractivity (Wildman–Crippen MR) is 126 cm³/mol. The van der Waals surface area contributed by atoms with Gasteiger partial charge in [0, 0.05) is 43.7 Å². The molecule has 0 unspecified atom stereocenters. The summed E-state index contributed by atoms with van der Waals surface area (Å²) >= 11 is 1.59. The van der Waals surface area contributed by atoms with Gasteiger partial charge in [0.05, 0.1) is 24.3 Å². The second-order valence-electron chi connectivity index (χ2n) is 7.44. The summed E-state index contributed by atoms with van der Waals surface area (Å²) in [7, 11) is -1.80. The van der Waals surface area contributed by atoms with E-state index in [0.717, 1.165) is 22.0 Å². The van der Waals surface area contributed by atoms with Gasteiger partial charge in [-0.1, -0.05) is 18.2 Å². The molecule has 0 amide bonds. The minimum Gasteiger partial charge on any atom is -0.493 e. The molecule has 0 atom stereocenters. The van der Waals surface area contributed by atoms with Crippen molar-refractivity contribution in [3.63, 3.8) is 0 Å². The van der Waals surface area contributed by atoms with Crippen LogP contribution in [-0.2, 0) is 16.6 Å². The van der Waals surface area contributed by atoms with Crippen molar-refractivity contribution in [2.24, 2.45) is 0 Å². The van der Waals surface area contributed by atoms with Crippen molar-refractivity contribution in [3.8, 4) is 22.1 Å². The van der Waals surface area contributed by atoms with Gasteiger partial charge in [-0.3, -0.25) is 4.90 Å². The molecule has 9 heteroatoms. The first-order valence-electron chi connectivity index (χ1n) is 10.5. The molecule has 1 aromatic heterocycles. The SMILES string of the molecule is CCOc1ccc(-c2nc(CN3CCN(S(=O)(=O)c4ccccc4)CC3)cs2)cc1OC. The van der Waals surface area contributed by atoms with Crippen LogP contribution in [0, 0.1) is 0 Å². The predicted octanol–water partition coefficient (Wildman–Crippen LogP) is 3.72. The Bertz CT molecular complexity index is 1140. The van der Waals surface area contributed by atoms with Crippen LogP contribution >= 0.6 is 11.3 Å². The highest BCUT2D eigenvalue weighted by Gasteiger charge is 2.28. The maximum absolute atomic E-state index is 12.8. The maximum Gasteiger partial charge on any atom is 0.243 e. The van der Waals surface area contributed by atoms with E-state index in [1.165, 1.54) is 0 Å². The number of sulfonamides is 1. The molecule has 2 aromatic carbocycles. The Morgan fingerprint density at radius 3 is 2.47 bits per heavy atom. The smallest absolute Gasteiger partial charge is 0.243 e. The number of ether oxygens (including phenoxy) is 2. The molecule has 4 rings (SSSR count). The first-order valence-corrected chi connectivity index (χ1v) is 12.9. The summed E-state index contributed by atoms with van der Waals surface area (Å²) in [5.41, 5.74) is 1.97. The molecule has 3 aromatic rings. The number of hydrogen-bond donors (Lipinski definition) is 0. The van der Waals surface area contributed by atoms with Gasteiger partial charge in [-0.2, -0.15) is 4.31 Å². The third kappa shape index (κ3) is 4.96.